The molecule has 3 rings (SSSR count). The van der Waals surface area contributed by atoms with E-state index in [2.05, 4.69) is 18.7 Å². The molecular formula is C16H19FeNO+2. The van der Waals surface area contributed by atoms with Crippen LogP contribution >= 0.6 is 0 Å². The van der Waals surface area contributed by atoms with Crippen molar-refractivity contribution in [3.63, 3.8) is 0 Å². The molecule has 100 valence electrons. The second-order valence-electron chi connectivity index (χ2n) is 4.81. The van der Waals surface area contributed by atoms with Crippen molar-refractivity contribution in [2.24, 2.45) is 0 Å². The second kappa shape index (κ2) is 8.44. The molecule has 2 saturated carbocycles. The monoisotopic (exact) mass is 297 g/mol. The fraction of sp³-hybridized carbons (Fsp3) is 0.312. The average Bonchev–Trinajstić information content (AvgIpc) is 2.83. The molecule has 1 saturated heterocycles. The van der Waals surface area contributed by atoms with Crippen LogP contribution in [0.2, 0.25) is 0 Å². The molecule has 1 aliphatic heterocycles. The molecule has 0 amide bonds. The van der Waals surface area contributed by atoms with Crippen LogP contribution in [0.4, 0.5) is 0 Å². The molecule has 3 heteroatoms. The van der Waals surface area contributed by atoms with Gasteiger partial charge in [-0.15, -0.1) is 0 Å². The van der Waals surface area contributed by atoms with Crippen LogP contribution in [-0.4, -0.2) is 29.3 Å². The summed E-state index contributed by atoms with van der Waals surface area (Å²) in [5.74, 6) is 1.13. The molecule has 2 unspecified atom stereocenters. The van der Waals surface area contributed by atoms with Crippen LogP contribution in [0.1, 0.15) is 13.8 Å². The van der Waals surface area contributed by atoms with E-state index in [4.69, 9.17) is 0 Å². The predicted molar refractivity (Wildman–Crippen MR) is 72.6 cm³/mol. The van der Waals surface area contributed by atoms with Gasteiger partial charge < -0.3 is 0 Å². The summed E-state index contributed by atoms with van der Waals surface area (Å²) in [5.41, 5.74) is 0. The van der Waals surface area contributed by atoms with Crippen LogP contribution in [0, 0.1) is 63.7 Å². The fourth-order valence-electron chi connectivity index (χ4n) is 2.01. The van der Waals surface area contributed by atoms with Crippen molar-refractivity contribution in [2.75, 3.05) is 6.54 Å². The number of hydrogen-bond donors (Lipinski definition) is 0. The smallest absolute Gasteiger partial charge is 0.297 e. The number of carbonyl (C=O) groups is 1. The van der Waals surface area contributed by atoms with Gasteiger partial charge in [-0.1, -0.05) is 0 Å². The van der Waals surface area contributed by atoms with E-state index in [0.29, 0.717) is 6.04 Å². The van der Waals surface area contributed by atoms with Crippen molar-refractivity contribution in [3.05, 3.63) is 63.7 Å². The van der Waals surface area contributed by atoms with Gasteiger partial charge in [-0.3, -0.25) is 9.69 Å². The third-order valence-electron chi connectivity index (χ3n) is 3.12. The molecule has 0 aromatic rings. The van der Waals surface area contributed by atoms with Gasteiger partial charge in [-0.25, -0.2) is 0 Å². The molecule has 0 aromatic carbocycles. The minimum Gasteiger partial charge on any atom is -0.297 e. The summed E-state index contributed by atoms with van der Waals surface area (Å²) in [5, 5.41) is 0. The Morgan fingerprint density at radius 2 is 1.53 bits per heavy atom. The number of carbonyl (C=O) groups excluding carboxylic acids is 1. The Morgan fingerprint density at radius 3 is 1.89 bits per heavy atom. The largest absolute Gasteiger partial charge is 2.00 e. The quantitative estimate of drug-likeness (QED) is 0.587. The molecule has 0 aromatic heterocycles. The van der Waals surface area contributed by atoms with Crippen LogP contribution in [-0.2, 0) is 21.9 Å². The van der Waals surface area contributed by atoms with E-state index in [9.17, 15) is 4.79 Å². The van der Waals surface area contributed by atoms with Crippen LogP contribution in [0.5, 0.6) is 0 Å². The zero-order valence-electron chi connectivity index (χ0n) is 11.3. The molecule has 3 fully saturated rings. The summed E-state index contributed by atoms with van der Waals surface area (Å²) in [6.07, 6.45) is 17.6. The zero-order chi connectivity index (χ0) is 13.0. The SMILES string of the molecule is CC(C)N1CC1C(=O)[C]1[CH][CH][CH][CH]1.[CH]1[CH][CH][CH][CH]1.[Fe+2]. The van der Waals surface area contributed by atoms with Gasteiger partial charge in [-0.2, -0.15) is 0 Å². The summed E-state index contributed by atoms with van der Waals surface area (Å²) in [4.78, 5) is 13.9. The Morgan fingerprint density at radius 1 is 1.05 bits per heavy atom. The van der Waals surface area contributed by atoms with Gasteiger partial charge >= 0.3 is 17.1 Å². The molecule has 2 atom stereocenters. The number of Topliss-reactive ketones (excluding diaryl/α,β-unsaturated/α-hetero) is 1. The van der Waals surface area contributed by atoms with E-state index in [1.165, 1.54) is 0 Å². The second-order valence-corrected chi connectivity index (χ2v) is 4.81. The van der Waals surface area contributed by atoms with E-state index in [-0.39, 0.29) is 28.9 Å². The Balaban J connectivity index is 0.000000256. The van der Waals surface area contributed by atoms with E-state index >= 15 is 0 Å². The molecule has 2 nitrogen and oxygen atoms in total. The van der Waals surface area contributed by atoms with Crippen molar-refractivity contribution in [2.45, 2.75) is 25.9 Å². The molecule has 0 N–H and O–H groups in total. The maximum absolute atomic E-state index is 11.7. The van der Waals surface area contributed by atoms with E-state index < -0.39 is 0 Å². The molecule has 0 bridgehead atoms. The van der Waals surface area contributed by atoms with Crippen LogP contribution in [0.3, 0.4) is 0 Å². The standard InChI is InChI=1S/C11H14NO.C5H5.Fe/c1-8(2)12-7-10(12)11(13)9-5-3-4-6-9;1-2-4-5-3-1;/h3-6,8,10H,7H2,1-2H3;1-5H;/q;;+2. The first kappa shape index (κ1) is 17.2. The first-order valence-corrected chi connectivity index (χ1v) is 6.38. The predicted octanol–water partition coefficient (Wildman–Crippen LogP) is 2.07. The van der Waals surface area contributed by atoms with Gasteiger partial charge in [-0.05, 0) is 71.6 Å². The molecule has 3 aliphatic rings. The van der Waals surface area contributed by atoms with Crippen LogP contribution in [0.15, 0.2) is 0 Å². The number of rotatable bonds is 3. The molecule has 0 spiro atoms. The summed E-state index contributed by atoms with van der Waals surface area (Å²) < 4.78 is 0. The van der Waals surface area contributed by atoms with E-state index in [1.807, 2.05) is 57.8 Å². The van der Waals surface area contributed by atoms with Crippen LogP contribution in [0.25, 0.3) is 0 Å². The summed E-state index contributed by atoms with van der Waals surface area (Å²) in [6.45, 7) is 5.18. The maximum Gasteiger partial charge on any atom is 2.00 e. The van der Waals surface area contributed by atoms with Gasteiger partial charge in [0.25, 0.3) is 0 Å². The maximum atomic E-state index is 11.7. The van der Waals surface area contributed by atoms with Gasteiger partial charge in [0.05, 0.1) is 12.0 Å². The molecule has 19 heavy (non-hydrogen) atoms. The average molecular weight is 297 g/mol. The van der Waals surface area contributed by atoms with Crippen LogP contribution < -0.4 is 0 Å². The zero-order valence-corrected chi connectivity index (χ0v) is 12.4. The van der Waals surface area contributed by atoms with Crippen molar-refractivity contribution < 1.29 is 21.9 Å². The summed E-state index contributed by atoms with van der Waals surface area (Å²) >= 11 is 0. The van der Waals surface area contributed by atoms with E-state index in [1.54, 1.807) is 0 Å². The number of ketones is 1. The normalized spacial score (nSPS) is 29.6. The Kier molecular flexibility index (Phi) is 7.64. The Bertz CT molecular complexity index is 262. The minimum absolute atomic E-state index is 0. The Hall–Kier alpha value is 0.149. The van der Waals surface area contributed by atoms with Crippen molar-refractivity contribution in [1.29, 1.82) is 0 Å². The topological polar surface area (TPSA) is 20.1 Å². The third-order valence-corrected chi connectivity index (χ3v) is 3.12. The summed E-state index contributed by atoms with van der Waals surface area (Å²) in [7, 11) is 0. The number of nitrogens with zero attached hydrogens (tertiary/aromatic N) is 1. The molecule has 10 radical (unpaired) electrons. The van der Waals surface area contributed by atoms with E-state index in [0.717, 1.165) is 12.5 Å². The van der Waals surface area contributed by atoms with Gasteiger partial charge in [0, 0.05) is 12.6 Å². The first-order valence-electron chi connectivity index (χ1n) is 6.38. The summed E-state index contributed by atoms with van der Waals surface area (Å²) in [6, 6.07) is 0.645. The van der Waals surface area contributed by atoms with Gasteiger partial charge in [0.2, 0.25) is 0 Å². The van der Waals surface area contributed by atoms with Gasteiger partial charge in [0.15, 0.2) is 5.78 Å². The van der Waals surface area contributed by atoms with Gasteiger partial charge in [0.1, 0.15) is 0 Å². The van der Waals surface area contributed by atoms with Crippen molar-refractivity contribution in [1.82, 2.24) is 4.90 Å². The molecule has 1 heterocycles. The fourth-order valence-corrected chi connectivity index (χ4v) is 2.01. The molecule has 2 aliphatic carbocycles. The van der Waals surface area contributed by atoms with Crippen molar-refractivity contribution >= 4 is 5.78 Å². The molecular weight excluding hydrogens is 278 g/mol. The third kappa shape index (κ3) is 5.21. The Labute approximate surface area is 129 Å². The minimum atomic E-state index is 0. The van der Waals surface area contributed by atoms with Crippen molar-refractivity contribution in [3.8, 4) is 0 Å². The first-order chi connectivity index (χ1) is 8.70. The number of hydrogen-bond acceptors (Lipinski definition) is 2.